The molecule has 0 aliphatic carbocycles. The Labute approximate surface area is 129 Å². The quantitative estimate of drug-likeness (QED) is 0.687. The van der Waals surface area contributed by atoms with Crippen molar-refractivity contribution in [2.45, 2.75) is 51.1 Å². The number of hydrogen-bond donors (Lipinski definition) is 2. The lowest BCUT2D eigenvalue weighted by molar-refractivity contribution is -0.266. The van der Waals surface area contributed by atoms with Crippen molar-refractivity contribution < 1.29 is 28.9 Å². The van der Waals surface area contributed by atoms with Gasteiger partial charge in [0.25, 0.3) is 0 Å². The molecular formula is C15H23NO6. The van der Waals surface area contributed by atoms with Crippen molar-refractivity contribution in [2.24, 2.45) is 17.8 Å². The lowest BCUT2D eigenvalue weighted by Gasteiger charge is -2.42. The molecule has 0 aromatic rings. The van der Waals surface area contributed by atoms with Crippen LogP contribution in [0.4, 0.5) is 0 Å². The van der Waals surface area contributed by atoms with Gasteiger partial charge in [-0.05, 0) is 11.8 Å². The number of piperidine rings is 1. The van der Waals surface area contributed by atoms with Crippen LogP contribution >= 0.6 is 0 Å². The van der Waals surface area contributed by atoms with Crippen molar-refractivity contribution in [3.63, 3.8) is 0 Å². The second-order valence-corrected chi connectivity index (χ2v) is 6.65. The molecule has 6 atom stereocenters. The van der Waals surface area contributed by atoms with Crippen LogP contribution in [0, 0.1) is 17.8 Å². The number of aliphatic hydroxyl groups is 1. The van der Waals surface area contributed by atoms with Crippen LogP contribution in [0.5, 0.6) is 0 Å². The second kappa shape index (κ2) is 6.23. The summed E-state index contributed by atoms with van der Waals surface area (Å²) in [5.74, 6) is -0.283. The van der Waals surface area contributed by atoms with E-state index in [1.807, 2.05) is 0 Å². The smallest absolute Gasteiger partial charge is 0.226 e. The monoisotopic (exact) mass is 313 g/mol. The molecule has 22 heavy (non-hydrogen) atoms. The molecule has 0 aromatic heterocycles. The predicted octanol–water partition coefficient (Wildman–Crippen LogP) is -0.187. The van der Waals surface area contributed by atoms with Gasteiger partial charge in [0.2, 0.25) is 11.8 Å². The molecule has 3 fully saturated rings. The number of aliphatic hydroxyl groups excluding tert-OH is 1. The van der Waals surface area contributed by atoms with Gasteiger partial charge >= 0.3 is 0 Å². The highest BCUT2D eigenvalue weighted by atomic mass is 16.7. The summed E-state index contributed by atoms with van der Waals surface area (Å²) in [6.07, 6.45) is -1.81. The Kier molecular flexibility index (Phi) is 4.49. The standard InChI is InChI=1S/C15H23NO6/c1-7-5-20-13(8(7)2)15-12(19)14(21-6-22-15)9-3-10(17)16-11(18)4-9/h7-9,12-15,19H,3-6H2,1-2H3,(H,16,17,18). The predicted molar refractivity (Wildman–Crippen MR) is 74.6 cm³/mol. The van der Waals surface area contributed by atoms with E-state index in [-0.39, 0.29) is 49.4 Å². The van der Waals surface area contributed by atoms with Crippen LogP contribution in [-0.2, 0) is 23.8 Å². The number of imide groups is 1. The Balaban J connectivity index is 1.71. The van der Waals surface area contributed by atoms with Crippen molar-refractivity contribution in [3.05, 3.63) is 0 Å². The molecule has 0 bridgehead atoms. The highest BCUT2D eigenvalue weighted by molar-refractivity contribution is 5.97. The minimum atomic E-state index is -0.907. The molecule has 6 unspecified atom stereocenters. The lowest BCUT2D eigenvalue weighted by Crippen LogP contribution is -2.57. The van der Waals surface area contributed by atoms with Crippen LogP contribution in [0.25, 0.3) is 0 Å². The van der Waals surface area contributed by atoms with Gasteiger partial charge in [0.1, 0.15) is 19.0 Å². The Bertz CT molecular complexity index is 439. The number of hydrogen-bond acceptors (Lipinski definition) is 6. The van der Waals surface area contributed by atoms with E-state index in [0.29, 0.717) is 12.5 Å². The number of amides is 2. The summed E-state index contributed by atoms with van der Waals surface area (Å²) < 4.78 is 16.9. The number of rotatable bonds is 2. The molecule has 7 heteroatoms. The van der Waals surface area contributed by atoms with Crippen LogP contribution in [0.3, 0.4) is 0 Å². The van der Waals surface area contributed by atoms with E-state index in [4.69, 9.17) is 14.2 Å². The van der Waals surface area contributed by atoms with Crippen LogP contribution in [-0.4, -0.2) is 54.7 Å². The Morgan fingerprint density at radius 3 is 2.23 bits per heavy atom. The fraction of sp³-hybridized carbons (Fsp3) is 0.867. The fourth-order valence-corrected chi connectivity index (χ4v) is 3.61. The Hall–Kier alpha value is -1.02. The van der Waals surface area contributed by atoms with Crippen molar-refractivity contribution in [2.75, 3.05) is 13.4 Å². The second-order valence-electron chi connectivity index (χ2n) is 6.65. The number of carbonyl (C=O) groups is 2. The average molecular weight is 313 g/mol. The first kappa shape index (κ1) is 15.9. The highest BCUT2D eigenvalue weighted by Crippen LogP contribution is 2.35. The summed E-state index contributed by atoms with van der Waals surface area (Å²) in [4.78, 5) is 23.1. The molecule has 2 amide bonds. The molecule has 0 spiro atoms. The first-order chi connectivity index (χ1) is 10.5. The normalized spacial score (nSPS) is 44.1. The topological polar surface area (TPSA) is 94.1 Å². The van der Waals surface area contributed by atoms with Crippen molar-refractivity contribution in [3.8, 4) is 0 Å². The third kappa shape index (κ3) is 2.90. The lowest BCUT2D eigenvalue weighted by atomic mass is 9.82. The van der Waals surface area contributed by atoms with Gasteiger partial charge in [-0.25, -0.2) is 0 Å². The van der Waals surface area contributed by atoms with Gasteiger partial charge in [-0.3, -0.25) is 14.9 Å². The number of carbonyl (C=O) groups excluding carboxylic acids is 2. The van der Waals surface area contributed by atoms with Crippen molar-refractivity contribution in [1.82, 2.24) is 5.32 Å². The molecule has 3 saturated heterocycles. The van der Waals surface area contributed by atoms with Crippen LogP contribution in [0.2, 0.25) is 0 Å². The number of nitrogens with one attached hydrogen (secondary N) is 1. The fourth-order valence-electron chi connectivity index (χ4n) is 3.61. The molecule has 124 valence electrons. The third-order valence-corrected chi connectivity index (χ3v) is 5.12. The van der Waals surface area contributed by atoms with Crippen LogP contribution < -0.4 is 5.32 Å². The summed E-state index contributed by atoms with van der Waals surface area (Å²) in [6, 6.07) is 0. The molecule has 2 N–H and O–H groups in total. The minimum absolute atomic E-state index is 0.0413. The molecule has 0 radical (unpaired) electrons. The zero-order valence-corrected chi connectivity index (χ0v) is 12.9. The molecule has 3 aliphatic rings. The van der Waals surface area contributed by atoms with Gasteiger partial charge in [-0.2, -0.15) is 0 Å². The molecule has 0 saturated carbocycles. The highest BCUT2D eigenvalue weighted by Gasteiger charge is 2.48. The summed E-state index contributed by atoms with van der Waals surface area (Å²) in [5, 5.41) is 12.9. The summed E-state index contributed by atoms with van der Waals surface area (Å²) in [7, 11) is 0. The molecule has 3 heterocycles. The van der Waals surface area contributed by atoms with Gasteiger partial charge in [0.05, 0.1) is 12.2 Å². The van der Waals surface area contributed by atoms with Gasteiger partial charge in [-0.1, -0.05) is 13.8 Å². The van der Waals surface area contributed by atoms with E-state index < -0.39 is 18.3 Å². The van der Waals surface area contributed by atoms with E-state index in [9.17, 15) is 14.7 Å². The number of ether oxygens (including phenoxy) is 3. The maximum atomic E-state index is 11.5. The van der Waals surface area contributed by atoms with Crippen molar-refractivity contribution in [1.29, 1.82) is 0 Å². The average Bonchev–Trinajstić information content (AvgIpc) is 2.78. The molecular weight excluding hydrogens is 290 g/mol. The SMILES string of the molecule is CC1COC(C2OCOC(C3CC(=O)NC(=O)C3)C2O)C1C. The van der Waals surface area contributed by atoms with E-state index in [2.05, 4.69) is 19.2 Å². The molecule has 0 aromatic carbocycles. The molecule has 7 nitrogen and oxygen atoms in total. The minimum Gasteiger partial charge on any atom is -0.388 e. The zero-order chi connectivity index (χ0) is 15.9. The summed E-state index contributed by atoms with van der Waals surface area (Å²) >= 11 is 0. The summed E-state index contributed by atoms with van der Waals surface area (Å²) in [5.41, 5.74) is 0. The van der Waals surface area contributed by atoms with Gasteiger partial charge in [-0.15, -0.1) is 0 Å². The van der Waals surface area contributed by atoms with Crippen LogP contribution in [0.1, 0.15) is 26.7 Å². The molecule has 3 rings (SSSR count). The van der Waals surface area contributed by atoms with E-state index in [1.54, 1.807) is 0 Å². The van der Waals surface area contributed by atoms with E-state index >= 15 is 0 Å². The third-order valence-electron chi connectivity index (χ3n) is 5.12. The Morgan fingerprint density at radius 1 is 1.00 bits per heavy atom. The first-order valence-corrected chi connectivity index (χ1v) is 7.83. The summed E-state index contributed by atoms with van der Waals surface area (Å²) in [6.45, 7) is 4.88. The van der Waals surface area contributed by atoms with Crippen LogP contribution in [0.15, 0.2) is 0 Å². The van der Waals surface area contributed by atoms with Gasteiger partial charge < -0.3 is 19.3 Å². The maximum absolute atomic E-state index is 11.5. The van der Waals surface area contributed by atoms with E-state index in [1.165, 1.54) is 0 Å². The first-order valence-electron chi connectivity index (χ1n) is 7.83. The maximum Gasteiger partial charge on any atom is 0.226 e. The van der Waals surface area contributed by atoms with Gasteiger partial charge in [0, 0.05) is 25.4 Å². The zero-order valence-electron chi connectivity index (χ0n) is 12.9. The Morgan fingerprint density at radius 2 is 1.64 bits per heavy atom. The van der Waals surface area contributed by atoms with E-state index in [0.717, 1.165) is 0 Å². The molecule has 3 aliphatic heterocycles. The largest absolute Gasteiger partial charge is 0.388 e. The van der Waals surface area contributed by atoms with Gasteiger partial charge in [0.15, 0.2) is 0 Å². The van der Waals surface area contributed by atoms with Crippen molar-refractivity contribution >= 4 is 11.8 Å².